The van der Waals surface area contributed by atoms with Crippen molar-refractivity contribution >= 4 is 7.82 Å². The van der Waals surface area contributed by atoms with Gasteiger partial charge in [0, 0.05) is 0 Å². The Hall–Kier alpha value is -0.853. The zero-order valence-corrected chi connectivity index (χ0v) is 20.1. The minimum atomic E-state index is -4.72. The Kier molecular flexibility index (Phi) is 8.22. The summed E-state index contributed by atoms with van der Waals surface area (Å²) >= 11 is 0. The fourth-order valence-corrected chi connectivity index (χ4v) is 4.02. The summed E-state index contributed by atoms with van der Waals surface area (Å²) in [5, 5.41) is 0. The maximum absolute atomic E-state index is 11.9. The zero-order chi connectivity index (χ0) is 21.5. The third-order valence-electron chi connectivity index (χ3n) is 4.84. The Labute approximate surface area is 189 Å². The molecule has 0 aliphatic heterocycles. The van der Waals surface area contributed by atoms with Gasteiger partial charge >= 0.3 is 26.7 Å². The molecule has 0 fully saturated rings. The van der Waals surface area contributed by atoms with Gasteiger partial charge in [-0.2, -0.15) is 0 Å². The quantitative estimate of drug-likeness (QED) is 0.598. The summed E-state index contributed by atoms with van der Waals surface area (Å²) < 4.78 is 17.3. The van der Waals surface area contributed by atoms with Crippen LogP contribution in [0.1, 0.15) is 82.5 Å². The van der Waals surface area contributed by atoms with E-state index in [9.17, 15) is 14.4 Å². The van der Waals surface area contributed by atoms with E-state index in [4.69, 9.17) is 4.52 Å². The molecule has 0 aliphatic carbocycles. The molecule has 0 unspecified atom stereocenters. The molecule has 0 heterocycles. The van der Waals surface area contributed by atoms with Gasteiger partial charge in [-0.05, 0) is 46.9 Å². The zero-order valence-electron chi connectivity index (χ0n) is 20.2. The minimum Gasteiger partial charge on any atom is -1.00 e. The molecule has 0 saturated heterocycles. The molecule has 0 amide bonds. The molecule has 0 bridgehead atoms. The van der Waals surface area contributed by atoms with Gasteiger partial charge in [0.25, 0.3) is 0 Å². The molecule has 2 N–H and O–H groups in total. The van der Waals surface area contributed by atoms with Crippen molar-refractivity contribution in [3.05, 3.63) is 69.8 Å². The third-order valence-corrected chi connectivity index (χ3v) is 5.33. The molecule has 2 aromatic rings. The van der Waals surface area contributed by atoms with E-state index in [0.717, 1.165) is 33.4 Å². The number of phosphoric acid groups is 1. The second kappa shape index (κ2) is 9.11. The van der Waals surface area contributed by atoms with Crippen molar-refractivity contribution in [1.82, 2.24) is 0 Å². The molecule has 0 saturated carbocycles. The van der Waals surface area contributed by atoms with Gasteiger partial charge in [-0.15, -0.1) is 0 Å². The fraction of sp³-hybridized carbons (Fsp3) is 0.478. The molecule has 156 valence electrons. The van der Waals surface area contributed by atoms with E-state index in [-0.39, 0.29) is 31.1 Å². The van der Waals surface area contributed by atoms with Gasteiger partial charge in [-0.3, -0.25) is 4.52 Å². The molecule has 2 aromatic carbocycles. The normalized spacial score (nSPS) is 12.8. The van der Waals surface area contributed by atoms with Crippen molar-refractivity contribution in [3.8, 4) is 0 Å². The van der Waals surface area contributed by atoms with Gasteiger partial charge in [0.1, 0.15) is 6.10 Å². The van der Waals surface area contributed by atoms with Crippen molar-refractivity contribution in [3.63, 3.8) is 0 Å². The van der Waals surface area contributed by atoms with Crippen LogP contribution in [0, 0.1) is 13.8 Å². The molecule has 0 aromatic heterocycles. The Morgan fingerprint density at radius 2 is 1.17 bits per heavy atom. The van der Waals surface area contributed by atoms with E-state index in [2.05, 4.69) is 53.7 Å². The van der Waals surface area contributed by atoms with Gasteiger partial charge in [-0.25, -0.2) is 4.57 Å². The molecule has 4 nitrogen and oxygen atoms in total. The van der Waals surface area contributed by atoms with E-state index >= 15 is 0 Å². The maximum atomic E-state index is 11.9. The number of benzene rings is 2. The number of hydrogen-bond acceptors (Lipinski definition) is 2. The van der Waals surface area contributed by atoms with Crippen LogP contribution in [0.4, 0.5) is 0 Å². The summed E-state index contributed by atoms with van der Waals surface area (Å²) in [6.07, 6.45) is -0.856. The van der Waals surface area contributed by atoms with E-state index in [1.165, 1.54) is 0 Å². The molecule has 0 atom stereocenters. The summed E-state index contributed by atoms with van der Waals surface area (Å²) in [5.74, 6) is 0. The smallest absolute Gasteiger partial charge is 1.00 e. The Morgan fingerprint density at radius 3 is 1.45 bits per heavy atom. The molecule has 0 spiro atoms. The maximum Gasteiger partial charge on any atom is 1.00 e. The molecule has 29 heavy (non-hydrogen) atoms. The first-order valence-corrected chi connectivity index (χ1v) is 11.1. The standard InChI is InChI=1S/C23H33O4P.Li.H/c1-15-9-11-17(19(13-15)22(3,4)5)21(27-28(24,25)26)18-12-10-16(2)14-20(18)23(6,7)8;;/h9-14,21H,1-8H3,(H2,24,25,26);;/q;+1;-1. The van der Waals surface area contributed by atoms with Crippen LogP contribution in [0.15, 0.2) is 36.4 Å². The van der Waals surface area contributed by atoms with Gasteiger partial charge in [-0.1, -0.05) is 89.1 Å². The van der Waals surface area contributed by atoms with Crippen molar-refractivity contribution in [2.24, 2.45) is 0 Å². The Balaban J connectivity index is 0.00000420. The number of aryl methyl sites for hydroxylation is 2. The van der Waals surface area contributed by atoms with Crippen molar-refractivity contribution in [2.75, 3.05) is 0 Å². The van der Waals surface area contributed by atoms with Gasteiger partial charge < -0.3 is 11.2 Å². The van der Waals surface area contributed by atoms with E-state index in [0.29, 0.717) is 0 Å². The van der Waals surface area contributed by atoms with Crippen molar-refractivity contribution in [2.45, 2.75) is 72.3 Å². The average Bonchev–Trinajstić information content (AvgIpc) is 2.50. The third kappa shape index (κ3) is 6.83. The molecule has 0 aliphatic rings. The molecule has 2 rings (SSSR count). The first-order valence-electron chi connectivity index (χ1n) is 9.55. The largest absolute Gasteiger partial charge is 1.00 e. The monoisotopic (exact) mass is 412 g/mol. The number of phosphoric ester groups is 1. The van der Waals surface area contributed by atoms with Crippen LogP contribution in [0.2, 0.25) is 0 Å². The predicted molar refractivity (Wildman–Crippen MR) is 116 cm³/mol. The first kappa shape index (κ1) is 26.2. The summed E-state index contributed by atoms with van der Waals surface area (Å²) in [6.45, 7) is 16.6. The van der Waals surface area contributed by atoms with E-state index < -0.39 is 13.9 Å². The van der Waals surface area contributed by atoms with Gasteiger partial charge in [0.05, 0.1) is 0 Å². The Bertz CT molecular complexity index is 847. The summed E-state index contributed by atoms with van der Waals surface area (Å²) in [4.78, 5) is 19.4. The van der Waals surface area contributed by atoms with Gasteiger partial charge in [0.2, 0.25) is 0 Å². The van der Waals surface area contributed by atoms with Crippen LogP contribution < -0.4 is 18.9 Å². The molecular formula is C23H34LiO4P. The fourth-order valence-electron chi connectivity index (χ4n) is 3.51. The average molecular weight is 412 g/mol. The molecular weight excluding hydrogens is 378 g/mol. The van der Waals surface area contributed by atoms with Crippen LogP contribution >= 0.6 is 7.82 Å². The molecule has 0 radical (unpaired) electrons. The second-order valence-electron chi connectivity index (χ2n) is 9.66. The summed E-state index contributed by atoms with van der Waals surface area (Å²) in [6, 6.07) is 12.0. The minimum absolute atomic E-state index is 0. The number of rotatable bonds is 4. The first-order chi connectivity index (χ1) is 12.6. The molecule has 6 heteroatoms. The number of hydrogen-bond donors (Lipinski definition) is 2. The van der Waals surface area contributed by atoms with E-state index in [1.54, 1.807) is 0 Å². The van der Waals surface area contributed by atoms with Crippen LogP contribution in [0.25, 0.3) is 0 Å². The van der Waals surface area contributed by atoms with Crippen LogP contribution in [-0.2, 0) is 19.9 Å². The predicted octanol–water partition coefficient (Wildman–Crippen LogP) is 3.21. The summed E-state index contributed by atoms with van der Waals surface area (Å²) in [7, 11) is -4.72. The van der Waals surface area contributed by atoms with Crippen LogP contribution in [0.5, 0.6) is 0 Å². The topological polar surface area (TPSA) is 66.8 Å². The SMILES string of the molecule is Cc1ccc(C(OP(=O)(O)O)c2ccc(C)cc2C(C)(C)C)c(C(C)(C)C)c1.[H-].[Li+]. The van der Waals surface area contributed by atoms with Crippen molar-refractivity contribution < 1.29 is 39.2 Å². The van der Waals surface area contributed by atoms with Gasteiger partial charge in [0.15, 0.2) is 0 Å². The van der Waals surface area contributed by atoms with Crippen molar-refractivity contribution in [1.29, 1.82) is 0 Å². The summed E-state index contributed by atoms with van der Waals surface area (Å²) in [5.41, 5.74) is 5.41. The van der Waals surface area contributed by atoms with E-state index in [1.807, 2.05) is 38.1 Å². The Morgan fingerprint density at radius 1 is 0.828 bits per heavy atom. The van der Waals surface area contributed by atoms with Crippen LogP contribution in [0.3, 0.4) is 0 Å². The second-order valence-corrected chi connectivity index (χ2v) is 10.8. The van der Waals surface area contributed by atoms with Crippen LogP contribution in [-0.4, -0.2) is 9.79 Å².